The number of likely N-dealkylation sites (tertiary alicyclic amines) is 1. The number of hydrogen-bond donors (Lipinski definition) is 0. The van der Waals surface area contributed by atoms with E-state index in [2.05, 4.69) is 0 Å². The normalized spacial score (nSPS) is 18.7. The Morgan fingerprint density at radius 1 is 0.962 bits per heavy atom. The lowest BCUT2D eigenvalue weighted by molar-refractivity contribution is -0.141. The van der Waals surface area contributed by atoms with E-state index in [0.717, 1.165) is 19.3 Å². The summed E-state index contributed by atoms with van der Waals surface area (Å²) in [4.78, 5) is 41.9. The first kappa shape index (κ1) is 18.4. The Hall–Kier alpha value is -2.44. The number of hydrogen-bond acceptors (Lipinski definition) is 3. The van der Waals surface area contributed by atoms with Crippen molar-refractivity contribution in [2.45, 2.75) is 25.7 Å². The van der Waals surface area contributed by atoms with Crippen LogP contribution in [0.5, 0.6) is 0 Å². The summed E-state index contributed by atoms with van der Waals surface area (Å²) >= 11 is 0. The van der Waals surface area contributed by atoms with Gasteiger partial charge in [-0.2, -0.15) is 0 Å². The van der Waals surface area contributed by atoms with Crippen LogP contribution >= 0.6 is 0 Å². The van der Waals surface area contributed by atoms with Crippen LogP contribution < -0.4 is 0 Å². The first-order chi connectivity index (χ1) is 12.5. The summed E-state index contributed by atoms with van der Waals surface area (Å²) in [5, 5.41) is 0. The number of carbonyl (C=O) groups is 3. The van der Waals surface area contributed by atoms with E-state index in [-0.39, 0.29) is 24.3 Å². The zero-order chi connectivity index (χ0) is 18.5. The van der Waals surface area contributed by atoms with Gasteiger partial charge in [0, 0.05) is 44.7 Å². The van der Waals surface area contributed by atoms with Crippen molar-refractivity contribution >= 4 is 17.7 Å². The van der Waals surface area contributed by atoms with E-state index >= 15 is 0 Å². The smallest absolute Gasteiger partial charge is 0.254 e. The van der Waals surface area contributed by atoms with Crippen LogP contribution in [0.25, 0.3) is 0 Å². The predicted molar refractivity (Wildman–Crippen MR) is 93.9 cm³/mol. The van der Waals surface area contributed by atoms with Crippen LogP contribution in [0.4, 0.5) is 4.39 Å². The molecule has 0 bridgehead atoms. The maximum atomic E-state index is 13.3. The monoisotopic (exact) mass is 361 g/mol. The highest BCUT2D eigenvalue weighted by molar-refractivity contribution is 5.94. The largest absolute Gasteiger partial charge is 0.338 e. The molecule has 0 aromatic heterocycles. The summed E-state index contributed by atoms with van der Waals surface area (Å²) in [5.41, 5.74) is 0.319. The Labute approximate surface area is 152 Å². The van der Waals surface area contributed by atoms with Crippen molar-refractivity contribution in [3.05, 3.63) is 35.6 Å². The number of carbonyl (C=O) groups excluding carboxylic acids is 3. The van der Waals surface area contributed by atoms with Crippen LogP contribution in [0.3, 0.4) is 0 Å². The predicted octanol–water partition coefficient (Wildman–Crippen LogP) is 1.51. The van der Waals surface area contributed by atoms with Gasteiger partial charge in [-0.1, -0.05) is 12.5 Å². The average Bonchev–Trinajstić information content (AvgIpc) is 2.85. The third kappa shape index (κ3) is 4.39. The minimum Gasteiger partial charge on any atom is -0.338 e. The van der Waals surface area contributed by atoms with Crippen molar-refractivity contribution in [1.82, 2.24) is 14.7 Å². The molecule has 0 unspecified atom stereocenters. The number of piperazine rings is 1. The molecule has 0 radical (unpaired) electrons. The average molecular weight is 361 g/mol. The highest BCUT2D eigenvalue weighted by atomic mass is 19.1. The summed E-state index contributed by atoms with van der Waals surface area (Å²) in [7, 11) is 0. The molecular weight excluding hydrogens is 337 g/mol. The molecule has 0 aliphatic carbocycles. The van der Waals surface area contributed by atoms with Crippen molar-refractivity contribution in [3.8, 4) is 0 Å². The molecule has 1 aromatic rings. The van der Waals surface area contributed by atoms with E-state index in [1.807, 2.05) is 0 Å². The van der Waals surface area contributed by atoms with Gasteiger partial charge in [-0.25, -0.2) is 4.39 Å². The molecule has 0 spiro atoms. The Kier molecular flexibility index (Phi) is 5.85. The van der Waals surface area contributed by atoms with Crippen molar-refractivity contribution < 1.29 is 18.8 Å². The van der Waals surface area contributed by atoms with Gasteiger partial charge >= 0.3 is 0 Å². The summed E-state index contributed by atoms with van der Waals surface area (Å²) in [6.07, 6.45) is 3.37. The molecule has 6 nitrogen and oxygen atoms in total. The number of nitrogens with zero attached hydrogens (tertiary/aromatic N) is 3. The molecule has 0 saturated carbocycles. The maximum Gasteiger partial charge on any atom is 0.254 e. The van der Waals surface area contributed by atoms with Gasteiger partial charge in [0.05, 0.1) is 6.54 Å². The molecule has 2 fully saturated rings. The molecule has 2 aliphatic heterocycles. The van der Waals surface area contributed by atoms with Crippen LogP contribution in [-0.4, -0.2) is 71.7 Å². The highest BCUT2D eigenvalue weighted by Crippen LogP contribution is 2.13. The van der Waals surface area contributed by atoms with E-state index < -0.39 is 5.82 Å². The maximum absolute atomic E-state index is 13.3. The number of amides is 3. The first-order valence-corrected chi connectivity index (χ1v) is 9.15. The van der Waals surface area contributed by atoms with Gasteiger partial charge in [-0.15, -0.1) is 0 Å². The fraction of sp³-hybridized carbons (Fsp3) is 0.526. The SMILES string of the molecule is O=C(CN1CCCCCC1=O)N1CCN(C(=O)c2cccc(F)c2)CC1. The third-order valence-corrected chi connectivity index (χ3v) is 4.99. The van der Waals surface area contributed by atoms with Crippen molar-refractivity contribution in [1.29, 1.82) is 0 Å². The molecule has 1 aromatic carbocycles. The molecule has 7 heteroatoms. The summed E-state index contributed by atoms with van der Waals surface area (Å²) in [6.45, 7) is 2.45. The van der Waals surface area contributed by atoms with Crippen LogP contribution in [0.2, 0.25) is 0 Å². The van der Waals surface area contributed by atoms with Crippen LogP contribution in [0.15, 0.2) is 24.3 Å². The lowest BCUT2D eigenvalue weighted by atomic mass is 10.1. The fourth-order valence-electron chi connectivity index (χ4n) is 3.43. The van der Waals surface area contributed by atoms with Gasteiger partial charge in [-0.3, -0.25) is 14.4 Å². The lowest BCUT2D eigenvalue weighted by Gasteiger charge is -2.35. The van der Waals surface area contributed by atoms with E-state index in [9.17, 15) is 18.8 Å². The highest BCUT2D eigenvalue weighted by Gasteiger charge is 2.27. The minimum absolute atomic E-state index is 0.0516. The van der Waals surface area contributed by atoms with Gasteiger partial charge in [0.15, 0.2) is 0 Å². The molecule has 26 heavy (non-hydrogen) atoms. The quantitative estimate of drug-likeness (QED) is 0.820. The zero-order valence-electron chi connectivity index (χ0n) is 14.8. The van der Waals surface area contributed by atoms with Gasteiger partial charge in [0.25, 0.3) is 5.91 Å². The Bertz CT molecular complexity index is 686. The van der Waals surface area contributed by atoms with E-state index in [4.69, 9.17) is 0 Å². The second-order valence-electron chi connectivity index (χ2n) is 6.81. The Morgan fingerprint density at radius 2 is 1.69 bits per heavy atom. The van der Waals surface area contributed by atoms with Crippen LogP contribution in [0.1, 0.15) is 36.0 Å². The van der Waals surface area contributed by atoms with Gasteiger partial charge < -0.3 is 14.7 Å². The number of halogens is 1. The second-order valence-corrected chi connectivity index (χ2v) is 6.81. The van der Waals surface area contributed by atoms with Gasteiger partial charge in [0.2, 0.25) is 11.8 Å². The van der Waals surface area contributed by atoms with E-state index in [1.54, 1.807) is 20.8 Å². The van der Waals surface area contributed by atoms with Crippen molar-refractivity contribution in [3.63, 3.8) is 0 Å². The number of rotatable bonds is 3. The standard InChI is InChI=1S/C19H24FN3O3/c20-16-6-4-5-15(13-16)19(26)22-11-9-21(10-12-22)18(25)14-23-8-3-1-2-7-17(23)24/h4-6,13H,1-3,7-12,14H2. The molecule has 0 N–H and O–H groups in total. The van der Waals surface area contributed by atoms with Crippen molar-refractivity contribution in [2.75, 3.05) is 39.3 Å². The molecule has 2 heterocycles. The molecule has 0 atom stereocenters. The van der Waals surface area contributed by atoms with Crippen molar-refractivity contribution in [2.24, 2.45) is 0 Å². The van der Waals surface area contributed by atoms with Crippen LogP contribution in [0, 0.1) is 5.82 Å². The van der Waals surface area contributed by atoms with E-state index in [0.29, 0.717) is 44.7 Å². The van der Waals surface area contributed by atoms with Gasteiger partial charge in [-0.05, 0) is 31.0 Å². The topological polar surface area (TPSA) is 60.9 Å². The van der Waals surface area contributed by atoms with Gasteiger partial charge in [0.1, 0.15) is 5.82 Å². The van der Waals surface area contributed by atoms with E-state index in [1.165, 1.54) is 18.2 Å². The Morgan fingerprint density at radius 3 is 2.42 bits per heavy atom. The lowest BCUT2D eigenvalue weighted by Crippen LogP contribution is -2.53. The third-order valence-electron chi connectivity index (χ3n) is 4.99. The summed E-state index contributed by atoms with van der Waals surface area (Å²) in [6, 6.07) is 5.64. The zero-order valence-corrected chi connectivity index (χ0v) is 14.8. The van der Waals surface area contributed by atoms with Crippen LogP contribution in [-0.2, 0) is 9.59 Å². The molecule has 3 rings (SSSR count). The molecule has 3 amide bonds. The fourth-order valence-corrected chi connectivity index (χ4v) is 3.43. The minimum atomic E-state index is -0.438. The first-order valence-electron chi connectivity index (χ1n) is 9.15. The second kappa shape index (κ2) is 8.29. The molecule has 140 valence electrons. The molecular formula is C19H24FN3O3. The molecule has 2 aliphatic rings. The molecule has 2 saturated heterocycles. The Balaban J connectivity index is 1.52. The summed E-state index contributed by atoms with van der Waals surface area (Å²) in [5.74, 6) is -0.681. The summed E-state index contributed by atoms with van der Waals surface area (Å²) < 4.78 is 13.3. The number of benzene rings is 1.